The SMILES string of the molecule is COCc1[c]cccc1C.[BiH3]. The number of ether oxygens (including phenoxy) is 1. The van der Waals surface area contributed by atoms with Crippen molar-refractivity contribution in [2.75, 3.05) is 7.11 Å². The molecule has 11 heavy (non-hydrogen) atoms. The van der Waals surface area contributed by atoms with Gasteiger partial charge in [0.1, 0.15) is 0 Å². The first-order valence-electron chi connectivity index (χ1n) is 3.29. The normalized spacial score (nSPS) is 8.91. The monoisotopic (exact) mass is 347 g/mol. The van der Waals surface area contributed by atoms with Gasteiger partial charge in [0.15, 0.2) is 0 Å². The predicted molar refractivity (Wildman–Crippen MR) is 50.7 cm³/mol. The Bertz CT molecular complexity index is 210. The zero-order valence-electron chi connectivity index (χ0n) is 7.05. The van der Waals surface area contributed by atoms with E-state index >= 15 is 0 Å². The maximum atomic E-state index is 4.98. The zero-order valence-corrected chi connectivity index (χ0v) is 12.6. The van der Waals surface area contributed by atoms with Gasteiger partial charge in [-0.05, 0) is 24.1 Å². The Morgan fingerprint density at radius 2 is 2.27 bits per heavy atom. The Labute approximate surface area is 86.9 Å². The number of benzene rings is 1. The number of hydrogen-bond acceptors (Lipinski definition) is 1. The summed E-state index contributed by atoms with van der Waals surface area (Å²) in [5.41, 5.74) is 2.38. The van der Waals surface area contributed by atoms with Gasteiger partial charge in [-0.1, -0.05) is 18.2 Å². The zero-order chi connectivity index (χ0) is 7.40. The molecule has 0 amide bonds. The van der Waals surface area contributed by atoms with E-state index < -0.39 is 0 Å². The van der Waals surface area contributed by atoms with Crippen LogP contribution in [0.4, 0.5) is 0 Å². The average Bonchev–Trinajstić information content (AvgIpc) is 1.94. The molecule has 0 saturated carbocycles. The number of methoxy groups -OCH3 is 1. The van der Waals surface area contributed by atoms with Gasteiger partial charge in [0, 0.05) is 7.11 Å². The quantitative estimate of drug-likeness (QED) is 0.718. The van der Waals surface area contributed by atoms with Crippen LogP contribution in [0.2, 0.25) is 0 Å². The van der Waals surface area contributed by atoms with Crippen molar-refractivity contribution >= 4 is 26.2 Å². The first-order valence-corrected chi connectivity index (χ1v) is 3.29. The van der Waals surface area contributed by atoms with E-state index in [1.165, 1.54) is 5.56 Å². The molecule has 0 unspecified atom stereocenters. The standard InChI is InChI=1S/C9H11O.Bi.3H/c1-8-5-3-4-6-9(8)7-10-2;;;;/h3-5H,7H2,1-2H3;;;;. The summed E-state index contributed by atoms with van der Waals surface area (Å²) in [4.78, 5) is 0. The molecule has 0 aliphatic carbocycles. The van der Waals surface area contributed by atoms with Crippen molar-refractivity contribution in [1.29, 1.82) is 0 Å². The van der Waals surface area contributed by atoms with Gasteiger partial charge in [-0.15, -0.1) is 0 Å². The van der Waals surface area contributed by atoms with Crippen molar-refractivity contribution in [3.05, 3.63) is 35.4 Å². The summed E-state index contributed by atoms with van der Waals surface area (Å²) < 4.78 is 4.98. The predicted octanol–water partition coefficient (Wildman–Crippen LogP) is 0.758. The van der Waals surface area contributed by atoms with E-state index in [9.17, 15) is 0 Å². The molecule has 0 aromatic heterocycles. The second-order valence-electron chi connectivity index (χ2n) is 2.26. The van der Waals surface area contributed by atoms with Crippen LogP contribution < -0.4 is 0 Å². The molecule has 1 rings (SSSR count). The van der Waals surface area contributed by atoms with Crippen LogP contribution in [0.5, 0.6) is 0 Å². The number of rotatable bonds is 2. The Balaban J connectivity index is 0.000001000. The summed E-state index contributed by atoms with van der Waals surface area (Å²) in [7, 11) is 1.69. The van der Waals surface area contributed by atoms with E-state index in [2.05, 4.69) is 19.1 Å². The number of hydrogen-bond donors (Lipinski definition) is 0. The van der Waals surface area contributed by atoms with Crippen molar-refractivity contribution in [3.63, 3.8) is 0 Å². The van der Waals surface area contributed by atoms with E-state index in [1.54, 1.807) is 7.11 Å². The van der Waals surface area contributed by atoms with Crippen LogP contribution in [0.1, 0.15) is 11.1 Å². The third kappa shape index (κ3) is 3.31. The second-order valence-corrected chi connectivity index (χ2v) is 2.26. The second kappa shape index (κ2) is 5.68. The molecule has 1 aromatic carbocycles. The molecular weight excluding hydrogens is 333 g/mol. The van der Waals surface area contributed by atoms with Gasteiger partial charge in [-0.3, -0.25) is 0 Å². The summed E-state index contributed by atoms with van der Waals surface area (Å²) in [6.45, 7) is 2.72. The Kier molecular flexibility index (Phi) is 5.71. The van der Waals surface area contributed by atoms with Gasteiger partial charge >= 0.3 is 26.2 Å². The summed E-state index contributed by atoms with van der Waals surface area (Å²) >= 11 is 0. The summed E-state index contributed by atoms with van der Waals surface area (Å²) in [5.74, 6) is 0. The molecule has 0 fully saturated rings. The molecule has 0 heterocycles. The van der Waals surface area contributed by atoms with Crippen LogP contribution in [0, 0.1) is 13.0 Å². The molecule has 1 nitrogen and oxygen atoms in total. The van der Waals surface area contributed by atoms with Crippen LogP contribution in [0.3, 0.4) is 0 Å². The van der Waals surface area contributed by atoms with Crippen LogP contribution in [0.15, 0.2) is 18.2 Å². The minimum atomic E-state index is 0. The van der Waals surface area contributed by atoms with Crippen molar-refractivity contribution in [2.24, 2.45) is 0 Å². The maximum absolute atomic E-state index is 4.98. The minimum absolute atomic E-state index is 0. The van der Waals surface area contributed by atoms with Crippen molar-refractivity contribution in [2.45, 2.75) is 13.5 Å². The van der Waals surface area contributed by atoms with Crippen LogP contribution >= 0.6 is 0 Å². The molecule has 0 N–H and O–H groups in total. The van der Waals surface area contributed by atoms with Gasteiger partial charge < -0.3 is 4.74 Å². The molecule has 0 saturated heterocycles. The van der Waals surface area contributed by atoms with Gasteiger partial charge in [-0.2, -0.15) is 0 Å². The van der Waals surface area contributed by atoms with E-state index in [4.69, 9.17) is 4.74 Å². The first kappa shape index (κ1) is 11.1. The fraction of sp³-hybridized carbons (Fsp3) is 0.333. The molecular formula is C9H14BiO. The Morgan fingerprint density at radius 3 is 2.82 bits per heavy atom. The first-order chi connectivity index (χ1) is 4.84. The van der Waals surface area contributed by atoms with Crippen molar-refractivity contribution < 1.29 is 4.74 Å². The third-order valence-corrected chi connectivity index (χ3v) is 1.46. The molecule has 0 bridgehead atoms. The molecule has 61 valence electrons. The third-order valence-electron chi connectivity index (χ3n) is 1.46. The van der Waals surface area contributed by atoms with E-state index in [-0.39, 0.29) is 26.2 Å². The average molecular weight is 347 g/mol. The van der Waals surface area contributed by atoms with Crippen molar-refractivity contribution in [3.8, 4) is 0 Å². The molecule has 0 aliphatic heterocycles. The fourth-order valence-corrected chi connectivity index (χ4v) is 0.855. The van der Waals surface area contributed by atoms with Crippen LogP contribution in [-0.2, 0) is 11.3 Å². The van der Waals surface area contributed by atoms with Gasteiger partial charge in [0.05, 0.1) is 6.61 Å². The summed E-state index contributed by atoms with van der Waals surface area (Å²) in [6, 6.07) is 9.06. The van der Waals surface area contributed by atoms with E-state index in [0.717, 1.165) is 5.56 Å². The Morgan fingerprint density at radius 1 is 1.55 bits per heavy atom. The van der Waals surface area contributed by atoms with Gasteiger partial charge in [0.2, 0.25) is 0 Å². The summed E-state index contributed by atoms with van der Waals surface area (Å²) in [6.07, 6.45) is 0. The summed E-state index contributed by atoms with van der Waals surface area (Å²) in [5, 5.41) is 0. The van der Waals surface area contributed by atoms with E-state index in [0.29, 0.717) is 6.61 Å². The molecule has 0 spiro atoms. The van der Waals surface area contributed by atoms with Gasteiger partial charge in [-0.25, -0.2) is 0 Å². The molecule has 0 aliphatic rings. The molecule has 0 atom stereocenters. The van der Waals surface area contributed by atoms with Crippen LogP contribution in [-0.4, -0.2) is 33.3 Å². The molecule has 1 radical (unpaired) electrons. The fourth-order valence-electron chi connectivity index (χ4n) is 0.855. The molecule has 1 aromatic rings. The topological polar surface area (TPSA) is 9.23 Å². The molecule has 2 heteroatoms. The van der Waals surface area contributed by atoms with E-state index in [1.807, 2.05) is 12.1 Å². The Hall–Kier alpha value is 0.0631. The van der Waals surface area contributed by atoms with Gasteiger partial charge in [0.25, 0.3) is 0 Å². The number of aryl methyl sites for hydroxylation is 1. The van der Waals surface area contributed by atoms with Crippen molar-refractivity contribution in [1.82, 2.24) is 0 Å². The van der Waals surface area contributed by atoms with Crippen LogP contribution in [0.25, 0.3) is 0 Å².